The highest BCUT2D eigenvalue weighted by molar-refractivity contribution is 7.25. The van der Waals surface area contributed by atoms with E-state index in [0.29, 0.717) is 0 Å². The van der Waals surface area contributed by atoms with E-state index in [0.717, 1.165) is 68.5 Å². The van der Waals surface area contributed by atoms with Gasteiger partial charge in [0.15, 0.2) is 0 Å². The lowest BCUT2D eigenvalue weighted by molar-refractivity contribution is 0.672. The smallest absolute Gasteiger partial charge is 0.145 e. The number of furan rings is 1. The largest absolute Gasteiger partial charge is 0.455 e. The van der Waals surface area contributed by atoms with Crippen LogP contribution >= 0.6 is 11.3 Å². The second-order valence-corrected chi connectivity index (χ2v) is 14.5. The Morgan fingerprint density at radius 1 is 0.588 bits per heavy atom. The average molecular weight is 671 g/mol. The third-order valence-corrected chi connectivity index (χ3v) is 11.6. The van der Waals surface area contributed by atoms with Gasteiger partial charge >= 0.3 is 0 Å². The minimum absolute atomic E-state index is 0.895. The van der Waals surface area contributed by atoms with Crippen LogP contribution in [0.4, 0.5) is 0 Å². The highest BCUT2D eigenvalue weighted by atomic mass is 32.1. The summed E-state index contributed by atoms with van der Waals surface area (Å²) in [5.74, 6) is 0.895. The maximum Gasteiger partial charge on any atom is 0.145 e. The van der Waals surface area contributed by atoms with Crippen molar-refractivity contribution in [3.8, 4) is 39.3 Å². The molecule has 4 heterocycles. The van der Waals surface area contributed by atoms with Crippen molar-refractivity contribution in [1.29, 1.82) is 0 Å². The highest BCUT2D eigenvalue weighted by Crippen LogP contribution is 2.47. The van der Waals surface area contributed by atoms with Gasteiger partial charge < -0.3 is 4.42 Å². The zero-order valence-corrected chi connectivity index (χ0v) is 28.5. The lowest BCUT2D eigenvalue weighted by Gasteiger charge is -2.16. The number of rotatable bonds is 4. The monoisotopic (exact) mass is 670 g/mol. The van der Waals surface area contributed by atoms with Crippen molar-refractivity contribution in [2.24, 2.45) is 0 Å². The quantitative estimate of drug-likeness (QED) is 0.187. The number of benzene rings is 6. The Morgan fingerprint density at radius 3 is 2.20 bits per heavy atom. The van der Waals surface area contributed by atoms with Crippen molar-refractivity contribution < 1.29 is 4.42 Å². The summed E-state index contributed by atoms with van der Waals surface area (Å²) in [4.78, 5) is 5.47. The summed E-state index contributed by atoms with van der Waals surface area (Å²) in [5.41, 5.74) is 12.2. The number of pyridine rings is 1. The molecule has 6 aromatic carbocycles. The molecule has 0 amide bonds. The van der Waals surface area contributed by atoms with Crippen LogP contribution in [-0.2, 0) is 6.42 Å². The van der Waals surface area contributed by atoms with Gasteiger partial charge in [-0.3, -0.25) is 4.57 Å². The molecule has 51 heavy (non-hydrogen) atoms. The molecule has 11 rings (SSSR count). The van der Waals surface area contributed by atoms with Crippen LogP contribution in [0.2, 0.25) is 0 Å². The van der Waals surface area contributed by atoms with Crippen molar-refractivity contribution in [1.82, 2.24) is 9.55 Å². The van der Waals surface area contributed by atoms with Crippen LogP contribution in [0.1, 0.15) is 17.7 Å². The fraction of sp³-hybridized carbons (Fsp3) is 0.0426. The maximum absolute atomic E-state index is 6.82. The lowest BCUT2D eigenvalue weighted by Crippen LogP contribution is -2.04. The molecule has 0 saturated carbocycles. The maximum atomic E-state index is 6.82. The number of para-hydroxylation sites is 1. The molecule has 0 atom stereocenters. The van der Waals surface area contributed by atoms with Crippen molar-refractivity contribution in [3.63, 3.8) is 0 Å². The molecule has 0 fully saturated rings. The van der Waals surface area contributed by atoms with Gasteiger partial charge in [0.1, 0.15) is 17.0 Å². The zero-order chi connectivity index (χ0) is 33.5. The predicted molar refractivity (Wildman–Crippen MR) is 215 cm³/mol. The van der Waals surface area contributed by atoms with Crippen molar-refractivity contribution in [3.05, 3.63) is 163 Å². The van der Waals surface area contributed by atoms with Crippen LogP contribution < -0.4 is 0 Å². The molecule has 0 unspecified atom stereocenters. The Morgan fingerprint density at radius 2 is 1.33 bits per heavy atom. The van der Waals surface area contributed by atoms with Crippen LogP contribution in [0.3, 0.4) is 0 Å². The van der Waals surface area contributed by atoms with Crippen LogP contribution in [0.15, 0.2) is 156 Å². The van der Waals surface area contributed by atoms with Crippen molar-refractivity contribution >= 4 is 70.4 Å². The first-order valence-electron chi connectivity index (χ1n) is 17.5. The standard InChI is InChI=1S/C47H30N2OS/c1-3-13-29(14-4-1)32-26-39(30-15-5-2-6-16-30)48-44(27-32)49-40-20-10-7-19-35(40)45-46(49)36(28-38-33-17-8-11-21-41(33)50-47(38)45)31-23-24-43-37(25-31)34-18-9-12-22-42(34)51-43/h1-6,8-18,20-28H,7,19H2. The van der Waals surface area contributed by atoms with E-state index < -0.39 is 0 Å². The fourth-order valence-corrected chi connectivity index (χ4v) is 9.22. The summed E-state index contributed by atoms with van der Waals surface area (Å²) in [7, 11) is 0. The van der Waals surface area contributed by atoms with E-state index >= 15 is 0 Å². The van der Waals surface area contributed by atoms with Gasteiger partial charge in [-0.25, -0.2) is 4.98 Å². The van der Waals surface area contributed by atoms with Gasteiger partial charge in [-0.2, -0.15) is 0 Å². The fourth-order valence-electron chi connectivity index (χ4n) is 8.13. The molecule has 0 radical (unpaired) electrons. The summed E-state index contributed by atoms with van der Waals surface area (Å²) >= 11 is 1.86. The highest BCUT2D eigenvalue weighted by Gasteiger charge is 2.27. The molecule has 4 heteroatoms. The van der Waals surface area contributed by atoms with Crippen LogP contribution in [0, 0.1) is 0 Å². The Balaban J connectivity index is 1.30. The van der Waals surface area contributed by atoms with Gasteiger partial charge in [0.25, 0.3) is 0 Å². The molecule has 240 valence electrons. The van der Waals surface area contributed by atoms with Gasteiger partial charge in [-0.15, -0.1) is 11.3 Å². The van der Waals surface area contributed by atoms with E-state index in [4.69, 9.17) is 9.40 Å². The van der Waals surface area contributed by atoms with E-state index in [2.05, 4.69) is 162 Å². The first-order chi connectivity index (χ1) is 25.3. The molecule has 0 spiro atoms. The van der Waals surface area contributed by atoms with Gasteiger partial charge in [0.05, 0.1) is 16.9 Å². The second kappa shape index (κ2) is 11.1. The summed E-state index contributed by atoms with van der Waals surface area (Å²) in [6, 6.07) is 52.2. The number of allylic oxidation sites excluding steroid dienone is 1. The topological polar surface area (TPSA) is 31.0 Å². The molecule has 1 aliphatic rings. The molecule has 10 aromatic rings. The van der Waals surface area contributed by atoms with E-state index in [9.17, 15) is 0 Å². The number of aryl methyl sites for hydroxylation is 1. The van der Waals surface area contributed by atoms with Crippen molar-refractivity contribution in [2.75, 3.05) is 0 Å². The Kier molecular flexibility index (Phi) is 6.25. The second-order valence-electron chi connectivity index (χ2n) is 13.4. The van der Waals surface area contributed by atoms with E-state index in [1.807, 2.05) is 11.3 Å². The summed E-state index contributed by atoms with van der Waals surface area (Å²) in [6.07, 6.45) is 6.52. The molecule has 0 saturated heterocycles. The van der Waals surface area contributed by atoms with E-state index in [-0.39, 0.29) is 0 Å². The minimum Gasteiger partial charge on any atom is -0.455 e. The van der Waals surface area contributed by atoms with E-state index in [1.165, 1.54) is 47.9 Å². The number of hydrogen-bond donors (Lipinski definition) is 0. The molecular formula is C47H30N2OS. The Hall–Kier alpha value is -6.23. The molecule has 3 nitrogen and oxygen atoms in total. The molecule has 0 aliphatic heterocycles. The summed E-state index contributed by atoms with van der Waals surface area (Å²) in [5, 5.41) is 6.06. The van der Waals surface area contributed by atoms with Crippen molar-refractivity contribution in [2.45, 2.75) is 12.8 Å². The van der Waals surface area contributed by atoms with E-state index in [1.54, 1.807) is 0 Å². The lowest BCUT2D eigenvalue weighted by atomic mass is 9.95. The van der Waals surface area contributed by atoms with Gasteiger partial charge in [0.2, 0.25) is 0 Å². The number of thiophene rings is 1. The van der Waals surface area contributed by atoms with Crippen LogP contribution in [-0.4, -0.2) is 9.55 Å². The molecular weight excluding hydrogens is 641 g/mol. The summed E-state index contributed by atoms with van der Waals surface area (Å²) < 4.78 is 11.8. The normalized spacial score (nSPS) is 12.9. The molecule has 0 bridgehead atoms. The number of nitrogens with zero attached hydrogens (tertiary/aromatic N) is 2. The zero-order valence-electron chi connectivity index (χ0n) is 27.6. The number of hydrogen-bond acceptors (Lipinski definition) is 3. The van der Waals surface area contributed by atoms with Crippen LogP contribution in [0.5, 0.6) is 0 Å². The molecule has 0 N–H and O–H groups in total. The third kappa shape index (κ3) is 4.40. The van der Waals surface area contributed by atoms with Gasteiger partial charge in [0, 0.05) is 47.5 Å². The average Bonchev–Trinajstić information content (AvgIpc) is 3.87. The third-order valence-electron chi connectivity index (χ3n) is 10.5. The van der Waals surface area contributed by atoms with Gasteiger partial charge in [-0.1, -0.05) is 109 Å². The number of aromatic nitrogens is 2. The first-order valence-corrected chi connectivity index (χ1v) is 18.3. The predicted octanol–water partition coefficient (Wildman–Crippen LogP) is 13.3. The molecule has 4 aromatic heterocycles. The SMILES string of the molecule is C1=Cc2c(c3c4oc5ccccc5c4cc(-c4ccc5sc6ccccc6c5c4)c3n2-c2cc(-c3ccccc3)cc(-c3ccccc3)n2)CC1. The minimum atomic E-state index is 0.895. The molecule has 1 aliphatic carbocycles. The van der Waals surface area contributed by atoms with Gasteiger partial charge in [-0.05, 0) is 83.6 Å². The Bertz CT molecular complexity index is 2960. The number of fused-ring (bicyclic) bond motifs is 10. The Labute approximate surface area is 298 Å². The first kappa shape index (κ1) is 28.6. The summed E-state index contributed by atoms with van der Waals surface area (Å²) in [6.45, 7) is 0. The van der Waals surface area contributed by atoms with Crippen LogP contribution in [0.25, 0.3) is 98.4 Å².